The minimum Gasteiger partial charge on any atom is -0.513 e. The quantitative estimate of drug-likeness (QED) is 0.387. The van der Waals surface area contributed by atoms with Gasteiger partial charge in [0.1, 0.15) is 6.26 Å². The van der Waals surface area contributed by atoms with Gasteiger partial charge in [-0.15, -0.1) is 16.5 Å². The fourth-order valence-electron chi connectivity index (χ4n) is 1.45. The molecule has 0 saturated heterocycles. The normalized spacial score (nSPS) is 11.9. The topological polar surface area (TPSA) is 62.0 Å². The van der Waals surface area contributed by atoms with Crippen molar-refractivity contribution >= 4 is 22.8 Å². The van der Waals surface area contributed by atoms with E-state index in [0.717, 1.165) is 5.56 Å². The summed E-state index contributed by atoms with van der Waals surface area (Å²) >= 11 is 1.30. The van der Waals surface area contributed by atoms with Crippen molar-refractivity contribution in [3.05, 3.63) is 64.2 Å². The van der Waals surface area contributed by atoms with E-state index in [2.05, 4.69) is 10.2 Å². The summed E-state index contributed by atoms with van der Waals surface area (Å²) in [6.45, 7) is 1.90. The summed E-state index contributed by atoms with van der Waals surface area (Å²) in [6.07, 6.45) is 0.684. The van der Waals surface area contributed by atoms with E-state index in [-0.39, 0.29) is 11.5 Å². The molecule has 0 amide bonds. The molecule has 2 aromatic rings. The van der Waals surface area contributed by atoms with Crippen molar-refractivity contribution in [2.75, 3.05) is 0 Å². The Hall–Kier alpha value is -2.27. The number of thiophene rings is 1. The summed E-state index contributed by atoms with van der Waals surface area (Å²) in [5, 5.41) is 18.7. The van der Waals surface area contributed by atoms with E-state index in [9.17, 15) is 4.79 Å². The third-order valence-electron chi connectivity index (χ3n) is 2.48. The number of hydrogen-bond acceptors (Lipinski definition) is 5. The fraction of sp³-hybridized carbons (Fsp3) is 0.0714. The maximum Gasteiger partial charge on any atom is 0.226 e. The minimum absolute atomic E-state index is 0.0781. The molecule has 4 nitrogen and oxygen atoms in total. The van der Waals surface area contributed by atoms with Gasteiger partial charge < -0.3 is 5.11 Å². The summed E-state index contributed by atoms with van der Waals surface area (Å²) in [5.41, 5.74) is 1.54. The Morgan fingerprint density at radius 2 is 2.05 bits per heavy atom. The van der Waals surface area contributed by atoms with Gasteiger partial charge in [-0.2, -0.15) is 5.11 Å². The molecule has 0 aliphatic heterocycles. The van der Waals surface area contributed by atoms with Crippen molar-refractivity contribution in [2.45, 2.75) is 6.92 Å². The molecule has 0 fully saturated rings. The van der Waals surface area contributed by atoms with Gasteiger partial charge in [0.05, 0.1) is 10.6 Å². The molecule has 0 atom stereocenters. The maximum absolute atomic E-state index is 12.0. The van der Waals surface area contributed by atoms with Crippen molar-refractivity contribution in [2.24, 2.45) is 10.2 Å². The highest BCUT2D eigenvalue weighted by Crippen LogP contribution is 2.20. The lowest BCUT2D eigenvalue weighted by Crippen LogP contribution is -1.98. The number of hydrogen-bond donors (Lipinski definition) is 1. The van der Waals surface area contributed by atoms with Gasteiger partial charge in [-0.1, -0.05) is 24.3 Å². The highest BCUT2D eigenvalue weighted by Gasteiger charge is 2.13. The van der Waals surface area contributed by atoms with Gasteiger partial charge in [0.25, 0.3) is 0 Å². The third kappa shape index (κ3) is 3.14. The van der Waals surface area contributed by atoms with Crippen LogP contribution in [-0.4, -0.2) is 10.9 Å². The molecule has 0 bridgehead atoms. The van der Waals surface area contributed by atoms with Crippen molar-refractivity contribution in [3.8, 4) is 0 Å². The average Bonchev–Trinajstić information content (AvgIpc) is 2.95. The number of carbonyl (C=O) groups is 1. The zero-order chi connectivity index (χ0) is 13.7. The van der Waals surface area contributed by atoms with Gasteiger partial charge in [-0.25, -0.2) is 0 Å². The van der Waals surface area contributed by atoms with Crippen LogP contribution >= 0.6 is 11.3 Å². The first-order valence-electron chi connectivity index (χ1n) is 5.62. The van der Waals surface area contributed by atoms with Crippen LogP contribution < -0.4 is 0 Å². The second-order valence-corrected chi connectivity index (χ2v) is 4.75. The molecule has 1 heterocycles. The Morgan fingerprint density at radius 1 is 1.26 bits per heavy atom. The minimum atomic E-state index is -0.338. The number of ketones is 1. The van der Waals surface area contributed by atoms with Crippen LogP contribution in [0.3, 0.4) is 0 Å². The maximum atomic E-state index is 12.0. The van der Waals surface area contributed by atoms with E-state index in [1.807, 2.05) is 25.1 Å². The lowest BCUT2D eigenvalue weighted by Gasteiger charge is -1.98. The van der Waals surface area contributed by atoms with Crippen LogP contribution in [0.25, 0.3) is 0 Å². The predicted octanol–water partition coefficient (Wildman–Crippen LogP) is 4.42. The van der Waals surface area contributed by atoms with Crippen LogP contribution in [0, 0.1) is 6.92 Å². The van der Waals surface area contributed by atoms with Crippen LogP contribution in [0.15, 0.2) is 64.0 Å². The molecular weight excluding hydrogens is 260 g/mol. The SMILES string of the molecule is Cc1ccccc1N=NC(=CO)C(=O)c1cccs1. The zero-order valence-electron chi connectivity index (χ0n) is 10.3. The number of aliphatic hydroxyl groups is 1. The smallest absolute Gasteiger partial charge is 0.226 e. The molecule has 1 aromatic heterocycles. The summed E-state index contributed by atoms with van der Waals surface area (Å²) in [4.78, 5) is 12.5. The van der Waals surface area contributed by atoms with Crippen molar-refractivity contribution < 1.29 is 9.90 Å². The van der Waals surface area contributed by atoms with E-state index in [0.29, 0.717) is 16.8 Å². The molecule has 19 heavy (non-hydrogen) atoms. The summed E-state index contributed by atoms with van der Waals surface area (Å²) < 4.78 is 0. The first-order chi connectivity index (χ1) is 9.22. The Morgan fingerprint density at radius 3 is 2.68 bits per heavy atom. The predicted molar refractivity (Wildman–Crippen MR) is 75.1 cm³/mol. The Balaban J connectivity index is 2.21. The molecule has 1 aromatic carbocycles. The molecule has 0 radical (unpaired) electrons. The number of nitrogens with zero attached hydrogens (tertiary/aromatic N) is 2. The number of aliphatic hydroxyl groups excluding tert-OH is 1. The highest BCUT2D eigenvalue weighted by atomic mass is 32.1. The van der Waals surface area contributed by atoms with E-state index in [1.54, 1.807) is 23.6 Å². The highest BCUT2D eigenvalue weighted by molar-refractivity contribution is 7.12. The summed E-state index contributed by atoms with van der Waals surface area (Å²) in [5.74, 6) is -0.338. The second kappa shape index (κ2) is 6.06. The first kappa shape index (κ1) is 13.2. The Bertz CT molecular complexity index is 631. The second-order valence-electron chi connectivity index (χ2n) is 3.81. The number of allylic oxidation sites excluding steroid dienone is 1. The Labute approximate surface area is 114 Å². The summed E-state index contributed by atoms with van der Waals surface area (Å²) in [6, 6.07) is 10.9. The standard InChI is InChI=1S/C14H12N2O2S/c1-10-5-2-3-6-11(10)15-16-12(9-17)14(18)13-7-4-8-19-13/h2-9,17H,1H3. The van der Waals surface area contributed by atoms with Crippen LogP contribution in [0.5, 0.6) is 0 Å². The molecule has 5 heteroatoms. The average molecular weight is 272 g/mol. The molecule has 0 aliphatic carbocycles. The van der Waals surface area contributed by atoms with Crippen molar-refractivity contribution in [3.63, 3.8) is 0 Å². The molecular formula is C14H12N2O2S. The number of rotatable bonds is 4. The number of Topliss-reactive ketones (excluding diaryl/α,β-unsaturated/α-hetero) is 1. The Kier molecular flexibility index (Phi) is 4.20. The zero-order valence-corrected chi connectivity index (χ0v) is 11.1. The lowest BCUT2D eigenvalue weighted by atomic mass is 10.2. The van der Waals surface area contributed by atoms with Crippen molar-refractivity contribution in [1.29, 1.82) is 0 Å². The van der Waals surface area contributed by atoms with Gasteiger partial charge >= 0.3 is 0 Å². The molecule has 0 spiro atoms. The number of benzene rings is 1. The molecule has 2 rings (SSSR count). The van der Waals surface area contributed by atoms with E-state index in [1.165, 1.54) is 11.3 Å². The monoisotopic (exact) mass is 272 g/mol. The molecule has 0 aliphatic rings. The largest absolute Gasteiger partial charge is 0.513 e. The van der Waals surface area contributed by atoms with Crippen molar-refractivity contribution in [1.82, 2.24) is 0 Å². The van der Waals surface area contributed by atoms with Gasteiger partial charge in [0.15, 0.2) is 5.70 Å². The molecule has 0 saturated carbocycles. The van der Waals surface area contributed by atoms with Gasteiger partial charge in [-0.3, -0.25) is 4.79 Å². The number of aryl methyl sites for hydroxylation is 1. The van der Waals surface area contributed by atoms with Gasteiger partial charge in [0, 0.05) is 0 Å². The summed E-state index contributed by atoms with van der Waals surface area (Å²) in [7, 11) is 0. The first-order valence-corrected chi connectivity index (χ1v) is 6.50. The number of azo groups is 1. The third-order valence-corrected chi connectivity index (χ3v) is 3.35. The van der Waals surface area contributed by atoms with Crippen LogP contribution in [0.2, 0.25) is 0 Å². The fourth-order valence-corrected chi connectivity index (χ4v) is 2.12. The van der Waals surface area contributed by atoms with Crippen LogP contribution in [-0.2, 0) is 0 Å². The number of carbonyl (C=O) groups excluding carboxylic acids is 1. The van der Waals surface area contributed by atoms with Crippen LogP contribution in [0.1, 0.15) is 15.2 Å². The van der Waals surface area contributed by atoms with E-state index < -0.39 is 0 Å². The van der Waals surface area contributed by atoms with Gasteiger partial charge in [-0.05, 0) is 30.0 Å². The van der Waals surface area contributed by atoms with Gasteiger partial charge in [0.2, 0.25) is 5.78 Å². The van der Waals surface area contributed by atoms with E-state index in [4.69, 9.17) is 5.11 Å². The van der Waals surface area contributed by atoms with Crippen LogP contribution in [0.4, 0.5) is 5.69 Å². The molecule has 1 N–H and O–H groups in total. The molecule has 0 unspecified atom stereocenters. The molecule has 96 valence electrons. The lowest BCUT2D eigenvalue weighted by molar-refractivity contribution is 0.103. The van der Waals surface area contributed by atoms with E-state index >= 15 is 0 Å².